The number of carbonyl (C=O) groups is 2. The first-order chi connectivity index (χ1) is 12.5. The number of rotatable bonds is 8. The minimum absolute atomic E-state index is 0.00499. The predicted molar refractivity (Wildman–Crippen MR) is 97.4 cm³/mol. The average Bonchev–Trinajstić information content (AvgIpc) is 3.34. The molecule has 1 aliphatic carbocycles. The van der Waals surface area contributed by atoms with Crippen LogP contribution in [0.2, 0.25) is 0 Å². The number of hydrogen-bond donors (Lipinski definition) is 0. The van der Waals surface area contributed by atoms with Crippen molar-refractivity contribution in [3.63, 3.8) is 0 Å². The van der Waals surface area contributed by atoms with Crippen molar-refractivity contribution >= 4 is 11.9 Å². The Balaban J connectivity index is 1.38. The third kappa shape index (κ3) is 4.59. The summed E-state index contributed by atoms with van der Waals surface area (Å²) in [7, 11) is 0. The molecule has 5 heteroatoms. The molecule has 0 amide bonds. The molecule has 2 aliphatic heterocycles. The van der Waals surface area contributed by atoms with Crippen LogP contribution in [0.4, 0.5) is 0 Å². The highest BCUT2D eigenvalue weighted by molar-refractivity contribution is 5.74. The molecule has 2 saturated heterocycles. The monoisotopic (exact) mass is 366 g/mol. The van der Waals surface area contributed by atoms with Crippen LogP contribution in [-0.2, 0) is 23.8 Å². The molecule has 1 saturated carbocycles. The van der Waals surface area contributed by atoms with Crippen LogP contribution in [0, 0.1) is 23.7 Å². The van der Waals surface area contributed by atoms with E-state index in [1.165, 1.54) is 0 Å². The predicted octanol–water partition coefficient (Wildman–Crippen LogP) is 3.88. The van der Waals surface area contributed by atoms with E-state index in [2.05, 4.69) is 13.8 Å². The Bertz CT molecular complexity index is 505. The molecule has 0 aromatic carbocycles. The Morgan fingerprint density at radius 1 is 1.08 bits per heavy atom. The summed E-state index contributed by atoms with van der Waals surface area (Å²) in [6.45, 7) is 6.54. The number of hydrogen-bond acceptors (Lipinski definition) is 5. The second-order valence-corrected chi connectivity index (χ2v) is 8.52. The lowest BCUT2D eigenvalue weighted by Gasteiger charge is -2.21. The number of esters is 2. The molecule has 0 aromatic heterocycles. The molecule has 2 bridgehead atoms. The second kappa shape index (κ2) is 8.73. The SMILES string of the molecule is CCC1CC(CC)C(C(=O)OC(C)CC(=O)OCC2CC3CCC2O3)C1. The fourth-order valence-electron chi connectivity index (χ4n) is 5.05. The van der Waals surface area contributed by atoms with Gasteiger partial charge in [-0.1, -0.05) is 26.7 Å². The zero-order valence-corrected chi connectivity index (χ0v) is 16.4. The molecule has 0 N–H and O–H groups in total. The second-order valence-electron chi connectivity index (χ2n) is 8.52. The van der Waals surface area contributed by atoms with Crippen molar-refractivity contribution in [2.45, 2.75) is 90.4 Å². The van der Waals surface area contributed by atoms with E-state index in [1.807, 2.05) is 0 Å². The zero-order chi connectivity index (χ0) is 18.7. The van der Waals surface area contributed by atoms with E-state index >= 15 is 0 Å². The van der Waals surface area contributed by atoms with Crippen LogP contribution in [0.3, 0.4) is 0 Å². The van der Waals surface area contributed by atoms with Gasteiger partial charge in [0.15, 0.2) is 0 Å². The Labute approximate surface area is 157 Å². The Morgan fingerprint density at radius 3 is 2.50 bits per heavy atom. The van der Waals surface area contributed by atoms with Crippen LogP contribution in [0.25, 0.3) is 0 Å². The maximum absolute atomic E-state index is 12.5. The van der Waals surface area contributed by atoms with Gasteiger partial charge in [0.2, 0.25) is 0 Å². The maximum Gasteiger partial charge on any atom is 0.309 e. The fourth-order valence-corrected chi connectivity index (χ4v) is 5.05. The molecule has 7 atom stereocenters. The number of ether oxygens (including phenoxy) is 3. The van der Waals surface area contributed by atoms with Crippen molar-refractivity contribution in [1.29, 1.82) is 0 Å². The minimum atomic E-state index is -0.426. The maximum atomic E-state index is 12.5. The summed E-state index contributed by atoms with van der Waals surface area (Å²) in [5.74, 6) is 0.971. The minimum Gasteiger partial charge on any atom is -0.465 e. The van der Waals surface area contributed by atoms with Gasteiger partial charge in [-0.3, -0.25) is 9.59 Å². The number of fused-ring (bicyclic) bond motifs is 2. The molecule has 3 rings (SSSR count). The summed E-state index contributed by atoms with van der Waals surface area (Å²) in [6, 6.07) is 0. The quantitative estimate of drug-likeness (QED) is 0.610. The summed E-state index contributed by atoms with van der Waals surface area (Å²) in [5.41, 5.74) is 0. The first kappa shape index (κ1) is 19.7. The molecular formula is C21H34O5. The van der Waals surface area contributed by atoms with Gasteiger partial charge in [-0.2, -0.15) is 0 Å². The highest BCUT2D eigenvalue weighted by Gasteiger charge is 2.41. The normalized spacial score (nSPS) is 36.9. The highest BCUT2D eigenvalue weighted by Crippen LogP contribution is 2.41. The smallest absolute Gasteiger partial charge is 0.309 e. The van der Waals surface area contributed by atoms with Crippen molar-refractivity contribution in [2.24, 2.45) is 23.7 Å². The van der Waals surface area contributed by atoms with E-state index in [4.69, 9.17) is 14.2 Å². The molecule has 3 fully saturated rings. The first-order valence-electron chi connectivity index (χ1n) is 10.5. The van der Waals surface area contributed by atoms with Gasteiger partial charge >= 0.3 is 11.9 Å². The van der Waals surface area contributed by atoms with Gasteiger partial charge in [0, 0.05) is 5.92 Å². The average molecular weight is 366 g/mol. The Kier molecular flexibility index (Phi) is 6.60. The van der Waals surface area contributed by atoms with E-state index in [0.29, 0.717) is 30.5 Å². The summed E-state index contributed by atoms with van der Waals surface area (Å²) in [4.78, 5) is 24.6. The Morgan fingerprint density at radius 2 is 1.88 bits per heavy atom. The van der Waals surface area contributed by atoms with Crippen molar-refractivity contribution in [3.05, 3.63) is 0 Å². The molecule has 3 aliphatic rings. The third-order valence-electron chi connectivity index (χ3n) is 6.66. The van der Waals surface area contributed by atoms with Crippen LogP contribution in [-0.4, -0.2) is 36.9 Å². The lowest BCUT2D eigenvalue weighted by molar-refractivity contribution is -0.159. The van der Waals surface area contributed by atoms with Crippen LogP contribution in [0.1, 0.15) is 72.1 Å². The van der Waals surface area contributed by atoms with Crippen molar-refractivity contribution in [2.75, 3.05) is 6.61 Å². The molecule has 148 valence electrons. The third-order valence-corrected chi connectivity index (χ3v) is 6.66. The summed E-state index contributed by atoms with van der Waals surface area (Å²) in [5, 5.41) is 0. The van der Waals surface area contributed by atoms with Gasteiger partial charge in [-0.15, -0.1) is 0 Å². The van der Waals surface area contributed by atoms with Gasteiger partial charge in [-0.05, 0) is 50.9 Å². The molecule has 5 nitrogen and oxygen atoms in total. The molecular weight excluding hydrogens is 332 g/mol. The van der Waals surface area contributed by atoms with Gasteiger partial charge in [-0.25, -0.2) is 0 Å². The van der Waals surface area contributed by atoms with Gasteiger partial charge in [0.25, 0.3) is 0 Å². The summed E-state index contributed by atoms with van der Waals surface area (Å²) in [6.07, 6.45) is 7.74. The molecule has 0 radical (unpaired) electrons. The van der Waals surface area contributed by atoms with E-state index < -0.39 is 6.10 Å². The van der Waals surface area contributed by atoms with Crippen LogP contribution in [0.15, 0.2) is 0 Å². The molecule has 2 heterocycles. The van der Waals surface area contributed by atoms with Gasteiger partial charge in [0.05, 0.1) is 31.2 Å². The first-order valence-corrected chi connectivity index (χ1v) is 10.5. The molecule has 26 heavy (non-hydrogen) atoms. The van der Waals surface area contributed by atoms with E-state index in [-0.39, 0.29) is 30.4 Å². The Hall–Kier alpha value is -1.10. The fraction of sp³-hybridized carbons (Fsp3) is 0.905. The molecule has 0 spiro atoms. The van der Waals surface area contributed by atoms with Gasteiger partial charge in [0.1, 0.15) is 6.10 Å². The summed E-state index contributed by atoms with van der Waals surface area (Å²) < 4.78 is 16.8. The standard InChI is InChI=1S/C21H34O5/c1-4-14-9-15(5-2)18(10-14)21(23)25-13(3)8-20(22)24-12-16-11-17-6-7-19(16)26-17/h13-19H,4-12H2,1-3H3. The lowest BCUT2D eigenvalue weighted by Crippen LogP contribution is -2.28. The van der Waals surface area contributed by atoms with Crippen LogP contribution < -0.4 is 0 Å². The van der Waals surface area contributed by atoms with E-state index in [9.17, 15) is 9.59 Å². The lowest BCUT2D eigenvalue weighted by atomic mass is 9.90. The van der Waals surface area contributed by atoms with Crippen LogP contribution >= 0.6 is 0 Å². The topological polar surface area (TPSA) is 61.8 Å². The zero-order valence-electron chi connectivity index (χ0n) is 16.4. The van der Waals surface area contributed by atoms with Crippen molar-refractivity contribution in [1.82, 2.24) is 0 Å². The van der Waals surface area contributed by atoms with E-state index in [1.54, 1.807) is 6.92 Å². The number of carbonyl (C=O) groups excluding carboxylic acids is 2. The molecule has 7 unspecified atom stereocenters. The van der Waals surface area contributed by atoms with Crippen molar-refractivity contribution in [3.8, 4) is 0 Å². The molecule has 0 aromatic rings. The highest BCUT2D eigenvalue weighted by atomic mass is 16.6. The van der Waals surface area contributed by atoms with Crippen molar-refractivity contribution < 1.29 is 23.8 Å². The van der Waals surface area contributed by atoms with Crippen LogP contribution in [0.5, 0.6) is 0 Å². The largest absolute Gasteiger partial charge is 0.465 e. The van der Waals surface area contributed by atoms with E-state index in [0.717, 1.165) is 44.9 Å². The summed E-state index contributed by atoms with van der Waals surface area (Å²) >= 11 is 0. The van der Waals surface area contributed by atoms with Gasteiger partial charge < -0.3 is 14.2 Å².